The number of hydrogen-bond donors (Lipinski definition) is 1. The molecule has 0 amide bonds. The summed E-state index contributed by atoms with van der Waals surface area (Å²) >= 11 is 3.33. The molecule has 0 radical (unpaired) electrons. The maximum Gasteiger partial charge on any atom is 0.197 e. The van der Waals surface area contributed by atoms with Gasteiger partial charge in [0.2, 0.25) is 0 Å². The summed E-state index contributed by atoms with van der Waals surface area (Å²) in [5, 5.41) is 9.95. The zero-order valence-corrected chi connectivity index (χ0v) is 11.3. The minimum atomic E-state index is -0.265. The van der Waals surface area contributed by atoms with Gasteiger partial charge in [-0.1, -0.05) is 30.3 Å². The molecular formula is C15H9BrO3. The fourth-order valence-electron chi connectivity index (χ4n) is 1.96. The Labute approximate surface area is 117 Å². The molecule has 3 nitrogen and oxygen atoms in total. The number of fused-ring (bicyclic) bond motifs is 1. The summed E-state index contributed by atoms with van der Waals surface area (Å²) in [5.74, 6) is 0.399. The molecule has 4 heteroatoms. The molecule has 0 saturated carbocycles. The molecule has 0 aliphatic carbocycles. The van der Waals surface area contributed by atoms with Crippen LogP contribution in [0.2, 0.25) is 0 Å². The zero-order chi connectivity index (χ0) is 13.4. The molecule has 0 bridgehead atoms. The molecular weight excluding hydrogens is 308 g/mol. The van der Waals surface area contributed by atoms with E-state index in [1.165, 1.54) is 12.1 Å². The lowest BCUT2D eigenvalue weighted by molar-refractivity contribution is 0.479. The van der Waals surface area contributed by atoms with E-state index in [-0.39, 0.29) is 16.6 Å². The molecule has 0 saturated heterocycles. The van der Waals surface area contributed by atoms with Gasteiger partial charge in [0.15, 0.2) is 11.0 Å². The number of rotatable bonds is 1. The largest absolute Gasteiger partial charge is 0.507 e. The second kappa shape index (κ2) is 4.55. The van der Waals surface area contributed by atoms with E-state index in [9.17, 15) is 9.90 Å². The third-order valence-corrected chi connectivity index (χ3v) is 3.49. The van der Waals surface area contributed by atoms with Gasteiger partial charge in [0, 0.05) is 11.6 Å². The molecule has 1 N–H and O–H groups in total. The number of phenols is 1. The molecule has 1 aromatic heterocycles. The van der Waals surface area contributed by atoms with E-state index in [1.807, 2.05) is 30.3 Å². The molecule has 0 unspecified atom stereocenters. The zero-order valence-electron chi connectivity index (χ0n) is 9.76. The van der Waals surface area contributed by atoms with Gasteiger partial charge in [0.1, 0.15) is 16.9 Å². The van der Waals surface area contributed by atoms with Crippen molar-refractivity contribution in [1.82, 2.24) is 0 Å². The molecule has 3 aromatic rings. The number of halogens is 1. The van der Waals surface area contributed by atoms with Gasteiger partial charge in [-0.2, -0.15) is 0 Å². The number of phenolic OH excluding ortho intramolecular Hbond substituents is 1. The molecule has 94 valence electrons. The van der Waals surface area contributed by atoms with Crippen LogP contribution >= 0.6 is 15.9 Å². The molecule has 2 aromatic carbocycles. The van der Waals surface area contributed by atoms with Gasteiger partial charge in [0.25, 0.3) is 0 Å². The first-order chi connectivity index (χ1) is 9.16. The summed E-state index contributed by atoms with van der Waals surface area (Å²) in [6, 6.07) is 13.9. The fraction of sp³-hybridized carbons (Fsp3) is 0. The summed E-state index contributed by atoms with van der Waals surface area (Å²) in [7, 11) is 0. The van der Waals surface area contributed by atoms with Crippen molar-refractivity contribution < 1.29 is 9.52 Å². The topological polar surface area (TPSA) is 50.4 Å². The van der Waals surface area contributed by atoms with Crippen LogP contribution in [0.4, 0.5) is 0 Å². The summed E-state index contributed by atoms with van der Waals surface area (Å²) in [4.78, 5) is 12.1. The Morgan fingerprint density at radius 2 is 1.79 bits per heavy atom. The van der Waals surface area contributed by atoms with Crippen molar-refractivity contribution in [3.05, 3.63) is 63.2 Å². The highest BCUT2D eigenvalue weighted by Crippen LogP contribution is 2.31. The van der Waals surface area contributed by atoms with E-state index in [1.54, 1.807) is 6.07 Å². The van der Waals surface area contributed by atoms with Crippen LogP contribution in [-0.4, -0.2) is 5.11 Å². The standard InChI is InChI=1S/C15H9BrO3/c16-10-6-7-11(17)14-12(18)8-13(19-15(10)14)9-4-2-1-3-5-9/h1-8,17H. The van der Waals surface area contributed by atoms with Gasteiger partial charge < -0.3 is 9.52 Å². The van der Waals surface area contributed by atoms with Gasteiger partial charge in [0.05, 0.1) is 4.47 Å². The predicted molar refractivity (Wildman–Crippen MR) is 77.3 cm³/mol. The van der Waals surface area contributed by atoms with Crippen molar-refractivity contribution >= 4 is 26.9 Å². The highest BCUT2D eigenvalue weighted by Gasteiger charge is 2.12. The van der Waals surface area contributed by atoms with Crippen molar-refractivity contribution in [2.45, 2.75) is 0 Å². The van der Waals surface area contributed by atoms with Gasteiger partial charge in [-0.25, -0.2) is 0 Å². The third-order valence-electron chi connectivity index (χ3n) is 2.87. The molecule has 0 spiro atoms. The van der Waals surface area contributed by atoms with E-state index in [0.29, 0.717) is 15.8 Å². The monoisotopic (exact) mass is 316 g/mol. The first kappa shape index (κ1) is 12.0. The van der Waals surface area contributed by atoms with Gasteiger partial charge in [-0.15, -0.1) is 0 Å². The Hall–Kier alpha value is -2.07. The maximum absolute atomic E-state index is 12.1. The van der Waals surface area contributed by atoms with Crippen molar-refractivity contribution in [3.8, 4) is 17.1 Å². The smallest absolute Gasteiger partial charge is 0.197 e. The molecule has 19 heavy (non-hydrogen) atoms. The average molecular weight is 317 g/mol. The SMILES string of the molecule is O=c1cc(-c2ccccc2)oc2c(Br)ccc(O)c12. The molecule has 0 aliphatic rings. The summed E-state index contributed by atoms with van der Waals surface area (Å²) in [6.07, 6.45) is 0. The van der Waals surface area contributed by atoms with Crippen LogP contribution in [-0.2, 0) is 0 Å². The maximum atomic E-state index is 12.1. The predicted octanol–water partition coefficient (Wildman–Crippen LogP) is 3.93. The number of aromatic hydroxyl groups is 1. The van der Waals surface area contributed by atoms with E-state index < -0.39 is 0 Å². The van der Waals surface area contributed by atoms with Crippen molar-refractivity contribution in [2.75, 3.05) is 0 Å². The van der Waals surface area contributed by atoms with Crippen LogP contribution in [0.1, 0.15) is 0 Å². The van der Waals surface area contributed by atoms with Crippen LogP contribution < -0.4 is 5.43 Å². The van der Waals surface area contributed by atoms with Crippen LogP contribution in [0.3, 0.4) is 0 Å². The first-order valence-corrected chi connectivity index (χ1v) is 6.47. The Kier molecular flexibility index (Phi) is 2.87. The van der Waals surface area contributed by atoms with E-state index in [2.05, 4.69) is 15.9 Å². The Balaban J connectivity index is 2.38. The molecule has 0 fully saturated rings. The van der Waals surface area contributed by atoms with E-state index >= 15 is 0 Å². The lowest BCUT2D eigenvalue weighted by atomic mass is 10.1. The lowest BCUT2D eigenvalue weighted by Crippen LogP contribution is -2.01. The average Bonchev–Trinajstić information content (AvgIpc) is 2.43. The second-order valence-corrected chi connectivity index (χ2v) is 4.97. The molecule has 3 rings (SSSR count). The minimum Gasteiger partial charge on any atom is -0.507 e. The van der Waals surface area contributed by atoms with E-state index in [4.69, 9.17) is 4.42 Å². The fourth-order valence-corrected chi connectivity index (χ4v) is 2.37. The van der Waals surface area contributed by atoms with Crippen molar-refractivity contribution in [2.24, 2.45) is 0 Å². The molecule has 1 heterocycles. The summed E-state index contributed by atoms with van der Waals surface area (Å²) in [5.41, 5.74) is 0.905. The van der Waals surface area contributed by atoms with E-state index in [0.717, 1.165) is 5.56 Å². The first-order valence-electron chi connectivity index (χ1n) is 5.67. The van der Waals surface area contributed by atoms with Crippen LogP contribution in [0, 0.1) is 0 Å². The molecule has 0 atom stereocenters. The van der Waals surface area contributed by atoms with Gasteiger partial charge in [-0.05, 0) is 28.1 Å². The number of benzene rings is 2. The van der Waals surface area contributed by atoms with Crippen LogP contribution in [0.5, 0.6) is 5.75 Å². The summed E-state index contributed by atoms with van der Waals surface area (Å²) < 4.78 is 6.37. The minimum absolute atomic E-state index is 0.0773. The normalized spacial score (nSPS) is 10.8. The highest BCUT2D eigenvalue weighted by molar-refractivity contribution is 9.10. The quantitative estimate of drug-likeness (QED) is 0.740. The van der Waals surface area contributed by atoms with Crippen molar-refractivity contribution in [3.63, 3.8) is 0 Å². The lowest BCUT2D eigenvalue weighted by Gasteiger charge is -2.05. The number of hydrogen-bond acceptors (Lipinski definition) is 3. The van der Waals surface area contributed by atoms with Crippen LogP contribution in [0.15, 0.2) is 62.2 Å². The third kappa shape index (κ3) is 2.04. The Morgan fingerprint density at radius 3 is 2.53 bits per heavy atom. The van der Waals surface area contributed by atoms with Crippen LogP contribution in [0.25, 0.3) is 22.3 Å². The Morgan fingerprint density at radius 1 is 1.05 bits per heavy atom. The van der Waals surface area contributed by atoms with Gasteiger partial charge >= 0.3 is 0 Å². The van der Waals surface area contributed by atoms with Crippen molar-refractivity contribution in [1.29, 1.82) is 0 Å². The highest BCUT2D eigenvalue weighted by atomic mass is 79.9. The van der Waals surface area contributed by atoms with Gasteiger partial charge in [-0.3, -0.25) is 4.79 Å². The second-order valence-electron chi connectivity index (χ2n) is 4.11. The Bertz CT molecular complexity index is 807. The molecule has 0 aliphatic heterocycles. The summed E-state index contributed by atoms with van der Waals surface area (Å²) in [6.45, 7) is 0.